The molecule has 0 atom stereocenters. The Balaban J connectivity index is 2.20. The number of aryl methyl sites for hydroxylation is 2. The first-order chi connectivity index (χ1) is 13.3. The van der Waals surface area contributed by atoms with Crippen molar-refractivity contribution >= 4 is 0 Å². The fraction of sp³-hybridized carbons (Fsp3) is 0.769. The van der Waals surface area contributed by atoms with Gasteiger partial charge in [-0.25, -0.2) is 0 Å². The summed E-state index contributed by atoms with van der Waals surface area (Å²) >= 11 is 0. The molecule has 0 fully saturated rings. The zero-order chi connectivity index (χ0) is 21.0. The average Bonchev–Trinajstić information content (AvgIpc) is 2.64. The highest BCUT2D eigenvalue weighted by Crippen LogP contribution is 2.28. The summed E-state index contributed by atoms with van der Waals surface area (Å²) in [5.41, 5.74) is 5.25. The molecule has 0 saturated heterocycles. The fourth-order valence-electron chi connectivity index (χ4n) is 3.93. The largest absolute Gasteiger partial charge is 0.487 e. The van der Waals surface area contributed by atoms with E-state index in [2.05, 4.69) is 54.8 Å². The first-order valence-corrected chi connectivity index (χ1v) is 11.8. The number of benzene rings is 1. The predicted octanol–water partition coefficient (Wildman–Crippen LogP) is 7.30. The Morgan fingerprint density at radius 3 is 1.64 bits per heavy atom. The average molecular weight is 391 g/mol. The van der Waals surface area contributed by atoms with Crippen molar-refractivity contribution < 1.29 is 9.22 Å². The van der Waals surface area contributed by atoms with Crippen molar-refractivity contribution in [3.05, 3.63) is 28.3 Å². The minimum Gasteiger partial charge on any atom is -0.487 e. The number of quaternary nitrogens is 1. The summed E-state index contributed by atoms with van der Waals surface area (Å²) in [6.07, 6.45) is 14.1. The maximum atomic E-state index is 6.25. The zero-order valence-electron chi connectivity index (χ0n) is 20.1. The van der Waals surface area contributed by atoms with Gasteiger partial charge in [0, 0.05) is 0 Å². The molecule has 0 bridgehead atoms. The van der Waals surface area contributed by atoms with Crippen molar-refractivity contribution in [2.24, 2.45) is 0 Å². The molecule has 162 valence electrons. The van der Waals surface area contributed by atoms with Crippen LogP contribution >= 0.6 is 0 Å². The molecule has 1 rings (SSSR count). The van der Waals surface area contributed by atoms with E-state index in [0.717, 1.165) is 23.4 Å². The molecule has 2 nitrogen and oxygen atoms in total. The Bertz CT molecular complexity index is 536. The van der Waals surface area contributed by atoms with Crippen molar-refractivity contribution in [1.29, 1.82) is 0 Å². The lowest BCUT2D eigenvalue weighted by Gasteiger charge is -2.30. The Morgan fingerprint density at radius 1 is 0.679 bits per heavy atom. The van der Waals surface area contributed by atoms with Crippen LogP contribution in [0.25, 0.3) is 0 Å². The quantitative estimate of drug-likeness (QED) is 0.225. The number of hydrogen-bond donors (Lipinski definition) is 0. The number of nitrogens with zero attached hydrogens (tertiary/aromatic N) is 1. The van der Waals surface area contributed by atoms with Crippen LogP contribution in [0.2, 0.25) is 0 Å². The second kappa shape index (κ2) is 13.2. The fourth-order valence-corrected chi connectivity index (χ4v) is 3.93. The number of rotatable bonds is 15. The van der Waals surface area contributed by atoms with Gasteiger partial charge in [-0.3, -0.25) is 0 Å². The molecule has 0 saturated carbocycles. The van der Waals surface area contributed by atoms with Gasteiger partial charge in [0.2, 0.25) is 0 Å². The molecule has 28 heavy (non-hydrogen) atoms. The second-order valence-corrected chi connectivity index (χ2v) is 9.50. The van der Waals surface area contributed by atoms with E-state index in [4.69, 9.17) is 4.74 Å². The van der Waals surface area contributed by atoms with Crippen molar-refractivity contribution in [1.82, 2.24) is 0 Å². The van der Waals surface area contributed by atoms with Crippen LogP contribution in [0.1, 0.15) is 93.4 Å². The van der Waals surface area contributed by atoms with Gasteiger partial charge in [-0.15, -0.1) is 0 Å². The van der Waals surface area contributed by atoms with Gasteiger partial charge in [-0.05, 0) is 62.8 Å². The topological polar surface area (TPSA) is 9.23 Å². The predicted molar refractivity (Wildman–Crippen MR) is 125 cm³/mol. The third-order valence-corrected chi connectivity index (χ3v) is 6.36. The lowest BCUT2D eigenvalue weighted by atomic mass is 10.0. The molecule has 2 heteroatoms. The molecule has 0 N–H and O–H groups in total. The van der Waals surface area contributed by atoms with E-state index < -0.39 is 0 Å². The lowest BCUT2D eigenvalue weighted by molar-refractivity contribution is -0.890. The highest BCUT2D eigenvalue weighted by molar-refractivity contribution is 5.48. The van der Waals surface area contributed by atoms with Gasteiger partial charge < -0.3 is 9.22 Å². The van der Waals surface area contributed by atoms with Gasteiger partial charge >= 0.3 is 0 Å². The summed E-state index contributed by atoms with van der Waals surface area (Å²) in [5.74, 6) is 1.11. The number of hydrogen-bond acceptors (Lipinski definition) is 1. The van der Waals surface area contributed by atoms with Crippen LogP contribution in [-0.4, -0.2) is 38.3 Å². The molecule has 0 amide bonds. The van der Waals surface area contributed by atoms with Gasteiger partial charge in [0.05, 0.1) is 20.6 Å². The maximum absolute atomic E-state index is 6.25. The van der Waals surface area contributed by atoms with Crippen LogP contribution in [0, 0.1) is 27.7 Å². The van der Waals surface area contributed by atoms with E-state index in [9.17, 15) is 0 Å². The Hall–Kier alpha value is -1.02. The van der Waals surface area contributed by atoms with Crippen molar-refractivity contribution in [2.45, 2.75) is 98.8 Å². The molecule has 0 aromatic heterocycles. The minimum atomic E-state index is 0.801. The summed E-state index contributed by atoms with van der Waals surface area (Å²) in [4.78, 5) is 0. The summed E-state index contributed by atoms with van der Waals surface area (Å²) in [5, 5.41) is 0. The first kappa shape index (κ1) is 25.0. The SMILES string of the molecule is CCCCCCCCCCCC[N+](C)(C)CCOc1c(C)c(C)cc(C)c1C. The minimum absolute atomic E-state index is 0.801. The first-order valence-electron chi connectivity index (χ1n) is 11.8. The molecule has 0 aliphatic rings. The Morgan fingerprint density at radius 2 is 1.14 bits per heavy atom. The van der Waals surface area contributed by atoms with Gasteiger partial charge in [0.15, 0.2) is 0 Å². The van der Waals surface area contributed by atoms with Crippen LogP contribution < -0.4 is 4.74 Å². The van der Waals surface area contributed by atoms with Crippen LogP contribution in [-0.2, 0) is 0 Å². The molecule has 0 aliphatic carbocycles. The van der Waals surface area contributed by atoms with Crippen LogP contribution in [0.3, 0.4) is 0 Å². The third-order valence-electron chi connectivity index (χ3n) is 6.36. The van der Waals surface area contributed by atoms with E-state index in [-0.39, 0.29) is 0 Å². The molecule has 1 aromatic carbocycles. The summed E-state index contributed by atoms with van der Waals surface area (Å²) in [7, 11) is 4.69. The Kier molecular flexibility index (Phi) is 11.8. The summed E-state index contributed by atoms with van der Waals surface area (Å²) < 4.78 is 7.30. The Labute approximate surface area is 176 Å². The van der Waals surface area contributed by atoms with Gasteiger partial charge in [0.1, 0.15) is 18.9 Å². The van der Waals surface area contributed by atoms with Crippen LogP contribution in [0.4, 0.5) is 0 Å². The van der Waals surface area contributed by atoms with Crippen molar-refractivity contribution in [3.63, 3.8) is 0 Å². The molecule has 0 spiro atoms. The molecule has 0 unspecified atom stereocenters. The van der Waals surface area contributed by atoms with Crippen molar-refractivity contribution in [2.75, 3.05) is 33.8 Å². The number of ether oxygens (including phenoxy) is 1. The highest BCUT2D eigenvalue weighted by atomic mass is 16.5. The second-order valence-electron chi connectivity index (χ2n) is 9.50. The van der Waals surface area contributed by atoms with Gasteiger partial charge in [-0.2, -0.15) is 0 Å². The maximum Gasteiger partial charge on any atom is 0.137 e. The normalized spacial score (nSPS) is 11.8. The third kappa shape index (κ3) is 9.45. The van der Waals surface area contributed by atoms with Gasteiger partial charge in [-0.1, -0.05) is 64.4 Å². The zero-order valence-corrected chi connectivity index (χ0v) is 20.1. The van der Waals surface area contributed by atoms with Crippen LogP contribution in [0.15, 0.2) is 6.07 Å². The number of likely N-dealkylation sites (N-methyl/N-ethyl adjacent to an activating group) is 1. The smallest absolute Gasteiger partial charge is 0.137 e. The van der Waals surface area contributed by atoms with E-state index >= 15 is 0 Å². The molecule has 0 radical (unpaired) electrons. The highest BCUT2D eigenvalue weighted by Gasteiger charge is 2.16. The van der Waals surface area contributed by atoms with E-state index in [1.54, 1.807) is 0 Å². The van der Waals surface area contributed by atoms with E-state index in [1.165, 1.54) is 93.0 Å². The lowest BCUT2D eigenvalue weighted by Crippen LogP contribution is -2.43. The van der Waals surface area contributed by atoms with E-state index in [1.807, 2.05) is 0 Å². The molecule has 0 aliphatic heterocycles. The molecular weight excluding hydrogens is 342 g/mol. The molecular formula is C26H48NO+. The van der Waals surface area contributed by atoms with Crippen molar-refractivity contribution in [3.8, 4) is 5.75 Å². The number of unbranched alkanes of at least 4 members (excludes halogenated alkanes) is 9. The molecule has 0 heterocycles. The standard InChI is InChI=1S/C26H48NO/c1-8-9-10-11-12-13-14-15-16-17-18-27(6,7)19-20-28-26-24(4)22(2)21-23(3)25(26)5/h21H,8-20H2,1-7H3/q+1. The monoisotopic (exact) mass is 390 g/mol. The van der Waals surface area contributed by atoms with Gasteiger partial charge in [0.25, 0.3) is 0 Å². The van der Waals surface area contributed by atoms with Crippen LogP contribution in [0.5, 0.6) is 5.75 Å². The van der Waals surface area contributed by atoms with E-state index in [0.29, 0.717) is 0 Å². The summed E-state index contributed by atoms with van der Waals surface area (Å²) in [6, 6.07) is 2.27. The molecule has 1 aromatic rings. The summed E-state index contributed by atoms with van der Waals surface area (Å²) in [6.45, 7) is 14.1.